The molecule has 0 aliphatic heterocycles. The van der Waals surface area contributed by atoms with Crippen LogP contribution in [0.1, 0.15) is 23.0 Å². The van der Waals surface area contributed by atoms with Gasteiger partial charge in [0, 0.05) is 37.2 Å². The summed E-state index contributed by atoms with van der Waals surface area (Å²) >= 11 is 0. The number of carbonyl (C=O) groups excluding carboxylic acids is 2. The lowest BCUT2D eigenvalue weighted by Gasteiger charge is -2.08. The zero-order valence-corrected chi connectivity index (χ0v) is 14.6. The van der Waals surface area contributed by atoms with E-state index in [0.717, 1.165) is 11.3 Å². The molecule has 2 amide bonds. The number of benzene rings is 1. The average Bonchev–Trinajstić information content (AvgIpc) is 2.67. The Morgan fingerprint density at radius 2 is 1.74 bits per heavy atom. The highest BCUT2D eigenvalue weighted by Gasteiger charge is 2.08. The van der Waals surface area contributed by atoms with E-state index in [9.17, 15) is 9.59 Å². The van der Waals surface area contributed by atoms with Crippen molar-refractivity contribution >= 4 is 29.0 Å². The lowest BCUT2D eigenvalue weighted by Crippen LogP contribution is -2.24. The molecule has 0 unspecified atom stereocenters. The van der Waals surface area contributed by atoms with Gasteiger partial charge in [0.1, 0.15) is 0 Å². The summed E-state index contributed by atoms with van der Waals surface area (Å²) in [7, 11) is 0. The van der Waals surface area contributed by atoms with Gasteiger partial charge in [0.05, 0.1) is 0 Å². The van der Waals surface area contributed by atoms with E-state index in [2.05, 4.69) is 31.1 Å². The highest BCUT2D eigenvalue weighted by atomic mass is 16.2. The van der Waals surface area contributed by atoms with E-state index >= 15 is 0 Å². The van der Waals surface area contributed by atoms with Gasteiger partial charge in [0.15, 0.2) is 11.5 Å². The smallest absolute Gasteiger partial charge is 0.272 e. The minimum absolute atomic E-state index is 0.144. The van der Waals surface area contributed by atoms with E-state index in [1.807, 2.05) is 24.3 Å². The van der Waals surface area contributed by atoms with Crippen LogP contribution >= 0.6 is 0 Å². The van der Waals surface area contributed by atoms with E-state index in [1.165, 1.54) is 6.92 Å². The van der Waals surface area contributed by atoms with Gasteiger partial charge in [-0.15, -0.1) is 10.2 Å². The predicted octanol–water partition coefficient (Wildman–Crippen LogP) is 2.50. The number of anilines is 3. The molecule has 3 rings (SSSR count). The van der Waals surface area contributed by atoms with Gasteiger partial charge in [-0.2, -0.15) is 0 Å². The van der Waals surface area contributed by atoms with Crippen LogP contribution in [0.5, 0.6) is 0 Å². The topological polar surface area (TPSA) is 109 Å². The van der Waals surface area contributed by atoms with Gasteiger partial charge in [-0.25, -0.2) is 0 Å². The van der Waals surface area contributed by atoms with Gasteiger partial charge in [-0.3, -0.25) is 14.6 Å². The van der Waals surface area contributed by atoms with E-state index in [1.54, 1.807) is 36.7 Å². The predicted molar refractivity (Wildman–Crippen MR) is 101 cm³/mol. The molecule has 1 aromatic carbocycles. The molecule has 2 aromatic heterocycles. The maximum Gasteiger partial charge on any atom is 0.272 e. The fraction of sp³-hybridized carbons (Fsp3) is 0.105. The Kier molecular flexibility index (Phi) is 5.68. The molecule has 0 saturated carbocycles. The Bertz CT molecular complexity index is 928. The molecule has 8 heteroatoms. The third-order valence-corrected chi connectivity index (χ3v) is 3.55. The number of amides is 2. The van der Waals surface area contributed by atoms with Crippen molar-refractivity contribution < 1.29 is 9.59 Å². The van der Waals surface area contributed by atoms with Crippen LogP contribution in [0.3, 0.4) is 0 Å². The summed E-state index contributed by atoms with van der Waals surface area (Å²) < 4.78 is 0. The quantitative estimate of drug-likeness (QED) is 0.622. The Morgan fingerprint density at radius 3 is 2.44 bits per heavy atom. The maximum atomic E-state index is 12.1. The van der Waals surface area contributed by atoms with Gasteiger partial charge in [-0.05, 0) is 48.0 Å². The molecule has 0 atom stereocenters. The van der Waals surface area contributed by atoms with Crippen LogP contribution in [0, 0.1) is 0 Å². The minimum Gasteiger partial charge on any atom is -0.347 e. The van der Waals surface area contributed by atoms with Crippen molar-refractivity contribution in [1.82, 2.24) is 20.5 Å². The Hall–Kier alpha value is -3.81. The molecular formula is C19H18N6O2. The van der Waals surface area contributed by atoms with Crippen LogP contribution in [0.15, 0.2) is 60.9 Å². The highest BCUT2D eigenvalue weighted by molar-refractivity contribution is 5.92. The number of pyridine rings is 1. The van der Waals surface area contributed by atoms with E-state index in [-0.39, 0.29) is 17.5 Å². The second-order valence-corrected chi connectivity index (χ2v) is 5.73. The molecule has 3 N–H and O–H groups in total. The Balaban J connectivity index is 1.60. The third-order valence-electron chi connectivity index (χ3n) is 3.55. The summed E-state index contributed by atoms with van der Waals surface area (Å²) in [5, 5.41) is 16.5. The SMILES string of the molecule is CC(=O)Nc1cccc(Nc2ccc(C(=O)NCc3ccncc3)nn2)c1. The van der Waals surface area contributed by atoms with E-state index < -0.39 is 0 Å². The summed E-state index contributed by atoms with van der Waals surface area (Å²) in [5.41, 5.74) is 2.59. The summed E-state index contributed by atoms with van der Waals surface area (Å²) in [4.78, 5) is 27.2. The summed E-state index contributed by atoms with van der Waals surface area (Å²) in [6.45, 7) is 1.84. The van der Waals surface area contributed by atoms with Crippen molar-refractivity contribution in [3.8, 4) is 0 Å². The monoisotopic (exact) mass is 362 g/mol. The molecule has 3 aromatic rings. The zero-order valence-electron chi connectivity index (χ0n) is 14.6. The molecule has 0 spiro atoms. The molecule has 0 aliphatic carbocycles. The number of hydrogen-bond donors (Lipinski definition) is 3. The van der Waals surface area contributed by atoms with Crippen LogP contribution in [0.2, 0.25) is 0 Å². The fourth-order valence-electron chi connectivity index (χ4n) is 2.32. The molecule has 8 nitrogen and oxygen atoms in total. The largest absolute Gasteiger partial charge is 0.347 e. The summed E-state index contributed by atoms with van der Waals surface area (Å²) in [5.74, 6) is 0.0354. The van der Waals surface area contributed by atoms with E-state index in [4.69, 9.17) is 0 Å². The molecule has 0 fully saturated rings. The van der Waals surface area contributed by atoms with Crippen LogP contribution in [0.4, 0.5) is 17.2 Å². The number of nitrogens with one attached hydrogen (secondary N) is 3. The zero-order chi connectivity index (χ0) is 19.1. The molecule has 2 heterocycles. The molecule has 0 radical (unpaired) electrons. The fourth-order valence-corrected chi connectivity index (χ4v) is 2.32. The first-order valence-corrected chi connectivity index (χ1v) is 8.26. The molecule has 136 valence electrons. The van der Waals surface area contributed by atoms with Gasteiger partial charge >= 0.3 is 0 Å². The van der Waals surface area contributed by atoms with Crippen molar-refractivity contribution in [1.29, 1.82) is 0 Å². The maximum absolute atomic E-state index is 12.1. The van der Waals surface area contributed by atoms with Gasteiger partial charge in [0.25, 0.3) is 5.91 Å². The van der Waals surface area contributed by atoms with Crippen LogP contribution in [0.25, 0.3) is 0 Å². The normalized spacial score (nSPS) is 10.1. The lowest BCUT2D eigenvalue weighted by molar-refractivity contribution is -0.114. The van der Waals surface area contributed by atoms with Crippen LogP contribution in [-0.2, 0) is 11.3 Å². The van der Waals surface area contributed by atoms with Crippen molar-refractivity contribution in [3.05, 3.63) is 72.2 Å². The highest BCUT2D eigenvalue weighted by Crippen LogP contribution is 2.18. The van der Waals surface area contributed by atoms with Gasteiger partial charge in [-0.1, -0.05) is 6.07 Å². The number of rotatable bonds is 6. The molecule has 0 aliphatic rings. The summed E-state index contributed by atoms with van der Waals surface area (Å²) in [6, 6.07) is 14.1. The first kappa shape index (κ1) is 18.0. The standard InChI is InChI=1S/C19H18N6O2/c1-13(26)22-15-3-2-4-16(11-15)23-18-6-5-17(24-25-18)19(27)21-12-14-7-9-20-10-8-14/h2-11H,12H2,1H3,(H,21,27)(H,22,26)(H,23,25). The third kappa shape index (κ3) is 5.33. The first-order valence-electron chi connectivity index (χ1n) is 8.26. The second-order valence-electron chi connectivity index (χ2n) is 5.73. The average molecular weight is 362 g/mol. The van der Waals surface area contributed by atoms with Crippen molar-refractivity contribution in [3.63, 3.8) is 0 Å². The molecule has 0 saturated heterocycles. The van der Waals surface area contributed by atoms with Gasteiger partial charge in [0.2, 0.25) is 5.91 Å². The van der Waals surface area contributed by atoms with Gasteiger partial charge < -0.3 is 16.0 Å². The Morgan fingerprint density at radius 1 is 0.963 bits per heavy atom. The van der Waals surface area contributed by atoms with Crippen molar-refractivity contribution in [2.75, 3.05) is 10.6 Å². The number of nitrogens with zero attached hydrogens (tertiary/aromatic N) is 3. The second kappa shape index (κ2) is 8.52. The number of aromatic nitrogens is 3. The van der Waals surface area contributed by atoms with Crippen molar-refractivity contribution in [2.45, 2.75) is 13.5 Å². The molecule has 0 bridgehead atoms. The molecule has 27 heavy (non-hydrogen) atoms. The molecular weight excluding hydrogens is 344 g/mol. The Labute approximate surface area is 156 Å². The van der Waals surface area contributed by atoms with Crippen LogP contribution < -0.4 is 16.0 Å². The first-order chi connectivity index (χ1) is 13.1. The van der Waals surface area contributed by atoms with Crippen LogP contribution in [-0.4, -0.2) is 27.0 Å². The van der Waals surface area contributed by atoms with E-state index in [0.29, 0.717) is 18.1 Å². The minimum atomic E-state index is -0.307. The number of hydrogen-bond acceptors (Lipinski definition) is 6. The lowest BCUT2D eigenvalue weighted by atomic mass is 10.2. The van der Waals surface area contributed by atoms with Crippen molar-refractivity contribution in [2.24, 2.45) is 0 Å². The number of carbonyl (C=O) groups is 2. The summed E-state index contributed by atoms with van der Waals surface area (Å²) in [6.07, 6.45) is 3.34.